The summed E-state index contributed by atoms with van der Waals surface area (Å²) >= 11 is 0. The fourth-order valence-corrected chi connectivity index (χ4v) is 10.4. The van der Waals surface area contributed by atoms with Gasteiger partial charge in [0.25, 0.3) is 23.6 Å². The first-order chi connectivity index (χ1) is 42.0. The molecule has 4 amide bonds. The Kier molecular flexibility index (Phi) is 25.5. The molecule has 26 heteroatoms. The van der Waals surface area contributed by atoms with E-state index in [0.717, 1.165) is 44.6 Å². The number of hydrogen-bond acceptors (Lipinski definition) is 16. The third-order valence-electron chi connectivity index (χ3n) is 15.3. The molecule has 4 aromatic rings. The van der Waals surface area contributed by atoms with E-state index >= 15 is 9.59 Å². The molecular formula is C64H82F6N8O12. The highest BCUT2D eigenvalue weighted by molar-refractivity contribution is 5.94. The van der Waals surface area contributed by atoms with Crippen molar-refractivity contribution < 1.29 is 83.6 Å². The number of aromatic nitrogens is 4. The normalized spacial score (nSPS) is 22.3. The number of amides is 4. The number of benzene rings is 2. The average molecular weight is 1270 g/mol. The quantitative estimate of drug-likeness (QED) is 0.0581. The standard InChI is InChI=1S/C64H82F6N8O12/c1-35(2)23-47-59(83)87-39(9)55(79)75(11)50(26-38(7)8)62(86)90-52(30-44-21-17-42(18-22-44)28-46-32-72-34-74-54(46)64(68,69)70)58(82)78(14)48(24-36(3)4)60(84)88-40(10)56(80)76(12)49(25-37(5)6)61(85)89-51(57(81)77(47)13)29-43-19-15-41(16-20-43)27-45-31-71-33-73-53(45)63(65,66)67/h15-22,31-40,47-52H,23-30H2,1-14H3/t39-,40-,47+,48+,49+,50+,51-,52-/m1/s1. The molecule has 0 N–H and O–H groups in total. The van der Waals surface area contributed by atoms with Gasteiger partial charge in [0.2, 0.25) is 0 Å². The molecule has 0 aliphatic carbocycles. The number of likely N-dealkylation sites (N-methyl/N-ethyl adjacent to an activating group) is 4. The third-order valence-corrected chi connectivity index (χ3v) is 15.3. The lowest BCUT2D eigenvalue weighted by Crippen LogP contribution is -2.55. The lowest BCUT2D eigenvalue weighted by molar-refractivity contribution is -0.176. The summed E-state index contributed by atoms with van der Waals surface area (Å²) in [6, 6.07) is 6.39. The van der Waals surface area contributed by atoms with Crippen LogP contribution in [0.3, 0.4) is 0 Å². The van der Waals surface area contributed by atoms with Crippen LogP contribution >= 0.6 is 0 Å². The molecule has 1 aliphatic rings. The smallest absolute Gasteiger partial charge is 0.433 e. The molecule has 0 spiro atoms. The van der Waals surface area contributed by atoms with Gasteiger partial charge in [0, 0.05) is 77.4 Å². The fourth-order valence-electron chi connectivity index (χ4n) is 10.4. The Balaban J connectivity index is 1.60. The Morgan fingerprint density at radius 2 is 0.667 bits per heavy atom. The third kappa shape index (κ3) is 20.0. The first-order valence-corrected chi connectivity index (χ1v) is 29.7. The number of hydrogen-bond donors (Lipinski definition) is 0. The molecule has 2 aromatic carbocycles. The predicted molar refractivity (Wildman–Crippen MR) is 315 cm³/mol. The Hall–Kier alpha value is -8.06. The highest BCUT2D eigenvalue weighted by Gasteiger charge is 2.44. The van der Waals surface area contributed by atoms with Gasteiger partial charge in [-0.1, -0.05) is 104 Å². The molecule has 0 saturated carbocycles. The van der Waals surface area contributed by atoms with Gasteiger partial charge in [-0.3, -0.25) is 19.2 Å². The second kappa shape index (κ2) is 31.6. The maximum Gasteiger partial charge on any atom is 0.433 e. The molecule has 1 fully saturated rings. The highest BCUT2D eigenvalue weighted by Crippen LogP contribution is 2.33. The molecule has 0 bridgehead atoms. The second-order valence-electron chi connectivity index (χ2n) is 24.6. The monoisotopic (exact) mass is 1270 g/mol. The molecule has 0 unspecified atom stereocenters. The fraction of sp³-hybridized carbons (Fsp3) is 0.562. The van der Waals surface area contributed by atoms with E-state index in [0.29, 0.717) is 22.3 Å². The lowest BCUT2D eigenvalue weighted by Gasteiger charge is -2.35. The van der Waals surface area contributed by atoms with E-state index in [4.69, 9.17) is 18.9 Å². The predicted octanol–water partition coefficient (Wildman–Crippen LogP) is 8.46. The van der Waals surface area contributed by atoms with Gasteiger partial charge in [-0.25, -0.2) is 39.1 Å². The van der Waals surface area contributed by atoms with Crippen molar-refractivity contribution in [3.63, 3.8) is 0 Å². The van der Waals surface area contributed by atoms with Gasteiger partial charge in [-0.05, 0) is 85.5 Å². The number of carbonyl (C=O) groups is 8. The van der Waals surface area contributed by atoms with Crippen molar-refractivity contribution in [1.82, 2.24) is 39.5 Å². The van der Waals surface area contributed by atoms with Crippen molar-refractivity contribution in [1.29, 1.82) is 0 Å². The number of cyclic esters (lactones) is 4. The van der Waals surface area contributed by atoms with E-state index in [1.54, 1.807) is 55.4 Å². The molecule has 0 radical (unpaired) electrons. The van der Waals surface area contributed by atoms with Crippen LogP contribution in [0.1, 0.15) is 140 Å². The number of rotatable bonds is 16. The van der Waals surface area contributed by atoms with Gasteiger partial charge in [0.05, 0.1) is 0 Å². The van der Waals surface area contributed by atoms with E-state index < -0.39 is 120 Å². The zero-order valence-corrected chi connectivity index (χ0v) is 53.3. The van der Waals surface area contributed by atoms with Crippen LogP contribution in [0.5, 0.6) is 0 Å². The molecule has 3 heterocycles. The van der Waals surface area contributed by atoms with Gasteiger partial charge < -0.3 is 38.5 Å². The highest BCUT2D eigenvalue weighted by atomic mass is 19.4. The minimum Gasteiger partial charge on any atom is -0.451 e. The zero-order chi connectivity index (χ0) is 67.3. The first-order valence-electron chi connectivity index (χ1n) is 29.7. The average Bonchev–Trinajstić information content (AvgIpc) is 1.20. The van der Waals surface area contributed by atoms with Crippen molar-refractivity contribution in [3.05, 3.63) is 118 Å². The second-order valence-corrected chi connectivity index (χ2v) is 24.6. The van der Waals surface area contributed by atoms with Crippen molar-refractivity contribution >= 4 is 47.5 Å². The Bertz CT molecular complexity index is 2920. The number of alkyl halides is 6. The molecule has 1 aliphatic heterocycles. The van der Waals surface area contributed by atoms with Gasteiger partial charge in [-0.2, -0.15) is 26.3 Å². The Morgan fingerprint density at radius 1 is 0.411 bits per heavy atom. The summed E-state index contributed by atoms with van der Waals surface area (Å²) in [5.41, 5.74) is -1.08. The summed E-state index contributed by atoms with van der Waals surface area (Å²) in [5.74, 6) is -9.08. The van der Waals surface area contributed by atoms with Crippen molar-refractivity contribution in [2.45, 2.75) is 182 Å². The van der Waals surface area contributed by atoms with E-state index in [1.807, 2.05) is 0 Å². The maximum absolute atomic E-state index is 15.0. The summed E-state index contributed by atoms with van der Waals surface area (Å²) in [6.07, 6.45) is -13.9. The molecule has 2 aromatic heterocycles. The summed E-state index contributed by atoms with van der Waals surface area (Å²) in [5, 5.41) is 0. The first kappa shape index (κ1) is 72.7. The van der Waals surface area contributed by atoms with Crippen molar-refractivity contribution in [2.24, 2.45) is 23.7 Å². The number of ether oxygens (including phenoxy) is 4. The number of carbonyl (C=O) groups excluding carboxylic acids is 8. The maximum atomic E-state index is 15.0. The van der Waals surface area contributed by atoms with Crippen molar-refractivity contribution in [2.75, 3.05) is 28.2 Å². The minimum atomic E-state index is -4.76. The van der Waals surface area contributed by atoms with Crippen LogP contribution in [0, 0.1) is 23.7 Å². The van der Waals surface area contributed by atoms with Crippen molar-refractivity contribution in [3.8, 4) is 0 Å². The summed E-state index contributed by atoms with van der Waals surface area (Å²) < 4.78 is 107. The van der Waals surface area contributed by atoms with Crippen LogP contribution < -0.4 is 0 Å². The topological polar surface area (TPSA) is 238 Å². The molecule has 492 valence electrons. The molecule has 20 nitrogen and oxygen atoms in total. The molecule has 1 saturated heterocycles. The summed E-state index contributed by atoms with van der Waals surface area (Å²) in [7, 11) is 5.11. The van der Waals surface area contributed by atoms with Gasteiger partial charge in [0.1, 0.15) is 36.8 Å². The van der Waals surface area contributed by atoms with E-state index in [2.05, 4.69) is 19.9 Å². The van der Waals surface area contributed by atoms with Gasteiger partial charge in [-0.15, -0.1) is 0 Å². The van der Waals surface area contributed by atoms with Crippen LogP contribution in [0.2, 0.25) is 0 Å². The SMILES string of the molecule is CC(C)C[C@H]1C(=O)O[C@H](Cc2ccc(Cc3cncnc3C(F)(F)F)cc2)C(=O)N(C)[C@@H](CC(C)C)C(=O)O[C@H](C)C(=O)N(C)[C@@H](CC(C)C)C(=O)O[C@H](Cc2ccc(Cc3cncnc3C(F)(F)F)cc2)C(=O)N(C)[C@@H](CC(C)C)C(=O)O[C@H](C)C(=O)N1C. The van der Waals surface area contributed by atoms with Gasteiger partial charge in [0.15, 0.2) is 35.8 Å². The lowest BCUT2D eigenvalue weighted by atomic mass is 9.98. The molecule has 8 atom stereocenters. The zero-order valence-electron chi connectivity index (χ0n) is 53.3. The summed E-state index contributed by atoms with van der Waals surface area (Å²) in [4.78, 5) is 136. The minimum absolute atomic E-state index is 0.0476. The molecule has 5 rings (SSSR count). The van der Waals surface area contributed by atoms with Crippen LogP contribution in [0.4, 0.5) is 26.3 Å². The Labute approximate surface area is 520 Å². The van der Waals surface area contributed by atoms with Crippen LogP contribution in [0.15, 0.2) is 73.6 Å². The molecule has 90 heavy (non-hydrogen) atoms. The summed E-state index contributed by atoms with van der Waals surface area (Å²) in [6.45, 7) is 16.6. The van der Waals surface area contributed by atoms with Crippen LogP contribution in [-0.4, -0.2) is 164 Å². The van der Waals surface area contributed by atoms with E-state index in [9.17, 15) is 55.1 Å². The van der Waals surface area contributed by atoms with Crippen LogP contribution in [0.25, 0.3) is 0 Å². The largest absolute Gasteiger partial charge is 0.451 e. The number of halogens is 6. The van der Waals surface area contributed by atoms with E-state index in [1.165, 1.54) is 90.6 Å². The van der Waals surface area contributed by atoms with Crippen LogP contribution in [-0.2, 0) is 95.3 Å². The number of nitrogens with zero attached hydrogens (tertiary/aromatic N) is 8. The number of esters is 4. The van der Waals surface area contributed by atoms with Gasteiger partial charge >= 0.3 is 36.2 Å². The van der Waals surface area contributed by atoms with E-state index in [-0.39, 0.29) is 86.2 Å². The molecular weight excluding hydrogens is 1190 g/mol. The Morgan fingerprint density at radius 3 is 0.933 bits per heavy atom.